The maximum absolute atomic E-state index is 12.4. The number of fused-ring (bicyclic) bond motifs is 1. The van der Waals surface area contributed by atoms with Gasteiger partial charge in [0, 0.05) is 43.0 Å². The van der Waals surface area contributed by atoms with Gasteiger partial charge >= 0.3 is 0 Å². The first kappa shape index (κ1) is 14.9. The molecule has 3 aromatic heterocycles. The summed E-state index contributed by atoms with van der Waals surface area (Å²) in [7, 11) is 0. The van der Waals surface area contributed by atoms with Crippen molar-refractivity contribution in [1.29, 1.82) is 0 Å². The molecule has 122 valence electrons. The second-order valence-corrected chi connectivity index (χ2v) is 6.63. The summed E-state index contributed by atoms with van der Waals surface area (Å²) in [5.74, 6) is 1.48. The van der Waals surface area contributed by atoms with Crippen LogP contribution in [0.3, 0.4) is 0 Å². The number of hydrogen-bond donors (Lipinski definition) is 1. The summed E-state index contributed by atoms with van der Waals surface area (Å²) in [6, 6.07) is 1.84. The van der Waals surface area contributed by atoms with Gasteiger partial charge in [-0.05, 0) is 19.4 Å². The molecule has 0 aromatic carbocycles. The molecule has 0 saturated carbocycles. The van der Waals surface area contributed by atoms with Gasteiger partial charge in [-0.1, -0.05) is 0 Å². The zero-order valence-electron chi connectivity index (χ0n) is 13.1. The van der Waals surface area contributed by atoms with Crippen LogP contribution in [-0.2, 0) is 13.0 Å². The van der Waals surface area contributed by atoms with E-state index in [9.17, 15) is 4.79 Å². The van der Waals surface area contributed by atoms with Gasteiger partial charge < -0.3 is 9.88 Å². The standard InChI is InChI=1S/C16H16N6OS/c1-10-7-22-8-11(3-4-13(22)19-10)20-15(23)12-9-24-16(21-12)14-17-5-2-6-18-14/h2,5-7,9,11H,3-4,8H2,1H3,(H,20,23)/t11-/m0/s1. The van der Waals surface area contributed by atoms with Crippen molar-refractivity contribution < 1.29 is 4.79 Å². The van der Waals surface area contributed by atoms with Crippen molar-refractivity contribution in [3.05, 3.63) is 47.2 Å². The molecule has 4 rings (SSSR count). The van der Waals surface area contributed by atoms with Crippen molar-refractivity contribution in [2.24, 2.45) is 0 Å². The maximum Gasteiger partial charge on any atom is 0.271 e. The number of carbonyl (C=O) groups is 1. The summed E-state index contributed by atoms with van der Waals surface area (Å²) >= 11 is 1.37. The van der Waals surface area contributed by atoms with Gasteiger partial charge in [0.05, 0.1) is 5.69 Å². The Morgan fingerprint density at radius 1 is 1.33 bits per heavy atom. The predicted octanol–water partition coefficient (Wildman–Crippen LogP) is 1.85. The Morgan fingerprint density at radius 3 is 3.00 bits per heavy atom. The second-order valence-electron chi connectivity index (χ2n) is 5.77. The summed E-state index contributed by atoms with van der Waals surface area (Å²) in [6.07, 6.45) is 7.12. The van der Waals surface area contributed by atoms with E-state index in [1.807, 2.05) is 13.1 Å². The fourth-order valence-corrected chi connectivity index (χ4v) is 3.60. The number of aromatic nitrogens is 5. The molecule has 7 nitrogen and oxygen atoms in total. The van der Waals surface area contributed by atoms with Crippen molar-refractivity contribution in [1.82, 2.24) is 29.8 Å². The monoisotopic (exact) mass is 340 g/mol. The van der Waals surface area contributed by atoms with Crippen LogP contribution < -0.4 is 5.32 Å². The van der Waals surface area contributed by atoms with Crippen LogP contribution in [-0.4, -0.2) is 36.5 Å². The Kier molecular flexibility index (Phi) is 3.81. The molecule has 24 heavy (non-hydrogen) atoms. The summed E-state index contributed by atoms with van der Waals surface area (Å²) in [6.45, 7) is 2.74. The molecule has 1 amide bonds. The molecular weight excluding hydrogens is 324 g/mol. The number of nitrogens with one attached hydrogen (secondary N) is 1. The highest BCUT2D eigenvalue weighted by Crippen LogP contribution is 2.20. The molecule has 1 atom stereocenters. The van der Waals surface area contributed by atoms with Gasteiger partial charge in [-0.2, -0.15) is 0 Å². The molecule has 0 radical (unpaired) electrons. The van der Waals surface area contributed by atoms with E-state index < -0.39 is 0 Å². The third-order valence-corrected chi connectivity index (χ3v) is 4.78. The fraction of sp³-hybridized carbons (Fsp3) is 0.312. The maximum atomic E-state index is 12.4. The molecular formula is C16H16N6OS. The fourth-order valence-electron chi connectivity index (χ4n) is 2.85. The molecule has 1 aliphatic rings. The lowest BCUT2D eigenvalue weighted by Crippen LogP contribution is -2.41. The van der Waals surface area contributed by atoms with Crippen LogP contribution in [0.15, 0.2) is 30.0 Å². The third-order valence-electron chi connectivity index (χ3n) is 3.94. The SMILES string of the molecule is Cc1cn2c(n1)CC[C@H](NC(=O)c1csc(-c3ncccn3)n1)C2. The van der Waals surface area contributed by atoms with E-state index >= 15 is 0 Å². The first-order valence-corrected chi connectivity index (χ1v) is 8.63. The minimum Gasteiger partial charge on any atom is -0.346 e. The van der Waals surface area contributed by atoms with Crippen LogP contribution in [0.2, 0.25) is 0 Å². The van der Waals surface area contributed by atoms with E-state index in [0.29, 0.717) is 16.5 Å². The number of aryl methyl sites for hydroxylation is 2. The number of amides is 1. The summed E-state index contributed by atoms with van der Waals surface area (Å²) in [5.41, 5.74) is 1.43. The zero-order valence-corrected chi connectivity index (χ0v) is 14.0. The van der Waals surface area contributed by atoms with Gasteiger partial charge in [0.25, 0.3) is 5.91 Å². The Bertz CT molecular complexity index is 872. The van der Waals surface area contributed by atoms with Crippen LogP contribution in [0.25, 0.3) is 10.8 Å². The van der Waals surface area contributed by atoms with Crippen molar-refractivity contribution in [2.75, 3.05) is 0 Å². The number of carbonyl (C=O) groups excluding carboxylic acids is 1. The van der Waals surface area contributed by atoms with Crippen LogP contribution in [0.4, 0.5) is 0 Å². The Hall–Kier alpha value is -2.61. The number of rotatable bonds is 3. The molecule has 1 aliphatic heterocycles. The van der Waals surface area contributed by atoms with Gasteiger partial charge in [0.15, 0.2) is 10.8 Å². The number of thiazole rings is 1. The topological polar surface area (TPSA) is 85.6 Å². The molecule has 0 unspecified atom stereocenters. The van der Waals surface area contributed by atoms with E-state index in [2.05, 4.69) is 29.8 Å². The second kappa shape index (κ2) is 6.12. The van der Waals surface area contributed by atoms with Crippen molar-refractivity contribution in [2.45, 2.75) is 32.4 Å². The minimum absolute atomic E-state index is 0.0942. The lowest BCUT2D eigenvalue weighted by atomic mass is 10.1. The van der Waals surface area contributed by atoms with Crippen LogP contribution in [0, 0.1) is 6.92 Å². The van der Waals surface area contributed by atoms with Crippen LogP contribution >= 0.6 is 11.3 Å². The Morgan fingerprint density at radius 2 is 2.17 bits per heavy atom. The molecule has 3 aromatic rings. The molecule has 8 heteroatoms. The highest BCUT2D eigenvalue weighted by molar-refractivity contribution is 7.13. The van der Waals surface area contributed by atoms with Crippen molar-refractivity contribution >= 4 is 17.2 Å². The lowest BCUT2D eigenvalue weighted by molar-refractivity contribution is 0.0923. The average Bonchev–Trinajstić information content (AvgIpc) is 3.21. The van der Waals surface area contributed by atoms with Gasteiger partial charge in [-0.25, -0.2) is 19.9 Å². The molecule has 0 saturated heterocycles. The quantitative estimate of drug-likeness (QED) is 0.786. The van der Waals surface area contributed by atoms with E-state index in [1.54, 1.807) is 23.8 Å². The van der Waals surface area contributed by atoms with E-state index in [4.69, 9.17) is 0 Å². The Balaban J connectivity index is 1.45. The summed E-state index contributed by atoms with van der Waals surface area (Å²) in [5, 5.41) is 5.46. The third kappa shape index (κ3) is 2.92. The summed E-state index contributed by atoms with van der Waals surface area (Å²) in [4.78, 5) is 29.6. The molecule has 0 bridgehead atoms. The number of nitrogens with zero attached hydrogens (tertiary/aromatic N) is 5. The molecule has 0 spiro atoms. The van der Waals surface area contributed by atoms with E-state index in [1.165, 1.54) is 11.3 Å². The normalized spacial score (nSPS) is 16.6. The zero-order chi connectivity index (χ0) is 16.5. The summed E-state index contributed by atoms with van der Waals surface area (Å²) < 4.78 is 2.12. The van der Waals surface area contributed by atoms with Gasteiger partial charge in [-0.15, -0.1) is 11.3 Å². The average molecular weight is 340 g/mol. The van der Waals surface area contributed by atoms with Crippen LogP contribution in [0.1, 0.15) is 28.4 Å². The molecule has 4 heterocycles. The molecule has 1 N–H and O–H groups in total. The largest absolute Gasteiger partial charge is 0.346 e. The lowest BCUT2D eigenvalue weighted by Gasteiger charge is -2.24. The number of imidazole rings is 1. The highest BCUT2D eigenvalue weighted by atomic mass is 32.1. The van der Waals surface area contributed by atoms with E-state index in [-0.39, 0.29) is 11.9 Å². The van der Waals surface area contributed by atoms with Gasteiger partial charge in [0.2, 0.25) is 0 Å². The van der Waals surface area contributed by atoms with Crippen molar-refractivity contribution in [3.8, 4) is 10.8 Å². The molecule has 0 fully saturated rings. The smallest absolute Gasteiger partial charge is 0.271 e. The minimum atomic E-state index is -0.154. The Labute approximate surface area is 142 Å². The van der Waals surface area contributed by atoms with E-state index in [0.717, 1.165) is 30.9 Å². The van der Waals surface area contributed by atoms with Gasteiger partial charge in [0.1, 0.15) is 11.5 Å². The van der Waals surface area contributed by atoms with Crippen LogP contribution in [0.5, 0.6) is 0 Å². The van der Waals surface area contributed by atoms with Gasteiger partial charge in [-0.3, -0.25) is 4.79 Å². The molecule has 0 aliphatic carbocycles. The van der Waals surface area contributed by atoms with Crippen molar-refractivity contribution in [3.63, 3.8) is 0 Å². The predicted molar refractivity (Wildman–Crippen MR) is 89.7 cm³/mol. The number of hydrogen-bond acceptors (Lipinski definition) is 6. The first-order chi connectivity index (χ1) is 11.7. The highest BCUT2D eigenvalue weighted by Gasteiger charge is 2.22. The first-order valence-electron chi connectivity index (χ1n) is 7.75.